The lowest BCUT2D eigenvalue weighted by Gasteiger charge is -2.37. The van der Waals surface area contributed by atoms with Crippen molar-refractivity contribution < 1.29 is 4.74 Å². The summed E-state index contributed by atoms with van der Waals surface area (Å²) in [6.07, 6.45) is 4.23. The minimum absolute atomic E-state index is 0.329. The number of rotatable bonds is 4. The molecule has 1 aliphatic carbocycles. The number of hydrogen-bond donors (Lipinski definition) is 2. The lowest BCUT2D eigenvalue weighted by atomic mass is 9.78. The number of nitrogens with zero attached hydrogens (tertiary/aromatic N) is 2. The quantitative estimate of drug-likeness (QED) is 0.658. The summed E-state index contributed by atoms with van der Waals surface area (Å²) in [6.45, 7) is 8.57. The summed E-state index contributed by atoms with van der Waals surface area (Å²) >= 11 is 0. The second-order valence-electron chi connectivity index (χ2n) is 6.57. The van der Waals surface area contributed by atoms with Gasteiger partial charge in [0.2, 0.25) is 0 Å². The molecule has 0 aromatic carbocycles. The van der Waals surface area contributed by atoms with Crippen LogP contribution in [-0.2, 0) is 10.3 Å². The van der Waals surface area contributed by atoms with Crippen LogP contribution in [0.25, 0.3) is 0 Å². The first-order valence-corrected chi connectivity index (χ1v) is 7.84. The van der Waals surface area contributed by atoms with Gasteiger partial charge < -0.3 is 10.2 Å². The Kier molecular flexibility index (Phi) is 4.84. The number of ether oxygens (including phenoxy) is 1. The van der Waals surface area contributed by atoms with Gasteiger partial charge in [0.1, 0.15) is 11.4 Å². The third kappa shape index (κ3) is 3.04. The van der Waals surface area contributed by atoms with E-state index >= 15 is 0 Å². The highest BCUT2D eigenvalue weighted by molar-refractivity contribution is 5.47. The van der Waals surface area contributed by atoms with E-state index in [1.807, 2.05) is 6.92 Å². The summed E-state index contributed by atoms with van der Waals surface area (Å²) in [5, 5.41) is 0. The molecule has 0 amide bonds. The van der Waals surface area contributed by atoms with Crippen molar-refractivity contribution in [2.45, 2.75) is 64.9 Å². The van der Waals surface area contributed by atoms with Crippen molar-refractivity contribution in [1.82, 2.24) is 9.97 Å². The van der Waals surface area contributed by atoms with E-state index in [0.29, 0.717) is 5.92 Å². The topological polar surface area (TPSA) is 73.1 Å². The van der Waals surface area contributed by atoms with Crippen molar-refractivity contribution >= 4 is 5.82 Å². The van der Waals surface area contributed by atoms with Crippen LogP contribution < -0.4 is 11.3 Å². The van der Waals surface area contributed by atoms with Gasteiger partial charge in [0.15, 0.2) is 5.82 Å². The normalized spacial score (nSPS) is 26.1. The molecule has 5 nitrogen and oxygen atoms in total. The van der Waals surface area contributed by atoms with Crippen LogP contribution in [0.15, 0.2) is 0 Å². The highest BCUT2D eigenvalue weighted by Gasteiger charge is 2.39. The first-order chi connectivity index (χ1) is 9.93. The molecule has 0 aliphatic heterocycles. The van der Waals surface area contributed by atoms with Crippen LogP contribution in [0.2, 0.25) is 0 Å². The second-order valence-corrected chi connectivity index (χ2v) is 6.57. The molecule has 2 rings (SSSR count). The number of nitrogens with one attached hydrogen (secondary N) is 1. The highest BCUT2D eigenvalue weighted by Crippen LogP contribution is 2.41. The first kappa shape index (κ1) is 16.2. The molecule has 1 aromatic rings. The monoisotopic (exact) mass is 292 g/mol. The maximum Gasteiger partial charge on any atom is 0.162 e. The lowest BCUT2D eigenvalue weighted by Crippen LogP contribution is -2.36. The fraction of sp³-hybridized carbons (Fsp3) is 0.750. The van der Waals surface area contributed by atoms with Crippen LogP contribution in [0.5, 0.6) is 0 Å². The van der Waals surface area contributed by atoms with Gasteiger partial charge in [0.05, 0.1) is 0 Å². The SMILES string of the molecule is COC1(c2nc(C)c(C(C)C)c(NN)n2)CCC(C)CC1. The largest absolute Gasteiger partial charge is 0.370 e. The maximum absolute atomic E-state index is 5.87. The zero-order chi connectivity index (χ0) is 15.6. The molecule has 3 N–H and O–H groups in total. The Morgan fingerprint density at radius 1 is 1.29 bits per heavy atom. The van der Waals surface area contributed by atoms with Gasteiger partial charge >= 0.3 is 0 Å². The van der Waals surface area contributed by atoms with Gasteiger partial charge in [-0.05, 0) is 44.4 Å². The van der Waals surface area contributed by atoms with Gasteiger partial charge in [0.25, 0.3) is 0 Å². The molecule has 0 atom stereocenters. The molecule has 1 saturated carbocycles. The summed E-state index contributed by atoms with van der Waals surface area (Å²) in [5.74, 6) is 8.25. The fourth-order valence-corrected chi connectivity index (χ4v) is 3.33. The minimum Gasteiger partial charge on any atom is -0.370 e. The van der Waals surface area contributed by atoms with E-state index in [4.69, 9.17) is 20.5 Å². The van der Waals surface area contributed by atoms with E-state index in [0.717, 1.165) is 54.5 Å². The second kappa shape index (κ2) is 6.28. The Morgan fingerprint density at radius 2 is 1.90 bits per heavy atom. The lowest BCUT2D eigenvalue weighted by molar-refractivity contribution is -0.0597. The molecule has 0 spiro atoms. The van der Waals surface area contributed by atoms with Crippen LogP contribution >= 0.6 is 0 Å². The smallest absolute Gasteiger partial charge is 0.162 e. The maximum atomic E-state index is 5.87. The zero-order valence-electron chi connectivity index (χ0n) is 13.9. The Balaban J connectivity index is 2.46. The fourth-order valence-electron chi connectivity index (χ4n) is 3.33. The molecule has 1 aliphatic rings. The van der Waals surface area contributed by atoms with Crippen LogP contribution in [0.1, 0.15) is 69.5 Å². The Bertz CT molecular complexity index is 493. The summed E-state index contributed by atoms with van der Waals surface area (Å²) in [5.41, 5.74) is 4.44. The van der Waals surface area contributed by atoms with E-state index in [2.05, 4.69) is 26.2 Å². The number of aryl methyl sites for hydroxylation is 1. The van der Waals surface area contributed by atoms with Crippen LogP contribution in [0, 0.1) is 12.8 Å². The van der Waals surface area contributed by atoms with Crippen molar-refractivity contribution in [3.63, 3.8) is 0 Å². The number of methoxy groups -OCH3 is 1. The first-order valence-electron chi connectivity index (χ1n) is 7.84. The van der Waals surface area contributed by atoms with Gasteiger partial charge in [-0.2, -0.15) is 0 Å². The van der Waals surface area contributed by atoms with E-state index in [9.17, 15) is 0 Å². The van der Waals surface area contributed by atoms with Crippen molar-refractivity contribution in [3.8, 4) is 0 Å². The Morgan fingerprint density at radius 3 is 2.38 bits per heavy atom. The number of hydrogen-bond acceptors (Lipinski definition) is 5. The highest BCUT2D eigenvalue weighted by atomic mass is 16.5. The molecule has 0 radical (unpaired) electrons. The minimum atomic E-state index is -0.363. The van der Waals surface area contributed by atoms with Crippen LogP contribution in [-0.4, -0.2) is 17.1 Å². The van der Waals surface area contributed by atoms with Gasteiger partial charge in [-0.25, -0.2) is 15.8 Å². The molecule has 1 heterocycles. The van der Waals surface area contributed by atoms with Crippen molar-refractivity contribution in [2.75, 3.05) is 12.5 Å². The molecule has 118 valence electrons. The van der Waals surface area contributed by atoms with Crippen molar-refractivity contribution in [2.24, 2.45) is 11.8 Å². The van der Waals surface area contributed by atoms with E-state index in [-0.39, 0.29) is 5.60 Å². The van der Waals surface area contributed by atoms with Gasteiger partial charge in [-0.3, -0.25) is 0 Å². The third-order valence-corrected chi connectivity index (χ3v) is 4.73. The van der Waals surface area contributed by atoms with Crippen molar-refractivity contribution in [3.05, 3.63) is 17.1 Å². The zero-order valence-corrected chi connectivity index (χ0v) is 13.9. The Hall–Kier alpha value is -1.20. The average Bonchev–Trinajstić information content (AvgIpc) is 2.47. The van der Waals surface area contributed by atoms with E-state index < -0.39 is 0 Å². The molecule has 5 heteroatoms. The molecule has 0 unspecified atom stereocenters. The molecule has 0 saturated heterocycles. The number of aromatic nitrogens is 2. The molecule has 21 heavy (non-hydrogen) atoms. The predicted molar refractivity (Wildman–Crippen MR) is 85.0 cm³/mol. The summed E-state index contributed by atoms with van der Waals surface area (Å²) in [4.78, 5) is 9.46. The number of nitrogens with two attached hydrogens (primary N) is 1. The molecule has 1 aromatic heterocycles. The number of hydrazine groups is 1. The summed E-state index contributed by atoms with van der Waals surface area (Å²) in [7, 11) is 1.76. The molecular weight excluding hydrogens is 264 g/mol. The molecule has 1 fully saturated rings. The van der Waals surface area contributed by atoms with Gasteiger partial charge in [0, 0.05) is 18.4 Å². The molecule has 0 bridgehead atoms. The summed E-state index contributed by atoms with van der Waals surface area (Å²) in [6, 6.07) is 0. The number of anilines is 1. The predicted octanol–water partition coefficient (Wildman–Crippen LogP) is 3.25. The van der Waals surface area contributed by atoms with Crippen LogP contribution in [0.4, 0.5) is 5.82 Å². The standard InChI is InChI=1S/C16H28N4O/c1-10(2)13-12(4)18-15(19-14(13)20-17)16(21-5)8-6-11(3)7-9-16/h10-11H,6-9,17H2,1-5H3,(H,18,19,20). The average molecular weight is 292 g/mol. The van der Waals surface area contributed by atoms with Crippen molar-refractivity contribution in [1.29, 1.82) is 0 Å². The third-order valence-electron chi connectivity index (χ3n) is 4.73. The summed E-state index contributed by atoms with van der Waals surface area (Å²) < 4.78 is 5.87. The van der Waals surface area contributed by atoms with Crippen LogP contribution in [0.3, 0.4) is 0 Å². The number of nitrogen functional groups attached to an aromatic ring is 1. The molecular formula is C16H28N4O. The van der Waals surface area contributed by atoms with E-state index in [1.54, 1.807) is 7.11 Å². The van der Waals surface area contributed by atoms with Gasteiger partial charge in [-0.15, -0.1) is 0 Å². The van der Waals surface area contributed by atoms with Gasteiger partial charge in [-0.1, -0.05) is 20.8 Å². The Labute approximate surface area is 127 Å². The van der Waals surface area contributed by atoms with E-state index in [1.165, 1.54) is 0 Å².